The number of carbonyl (C=O) groups excluding carboxylic acids is 2. The molecule has 160 valence electrons. The van der Waals surface area contributed by atoms with Crippen molar-refractivity contribution in [2.24, 2.45) is 5.92 Å². The van der Waals surface area contributed by atoms with Crippen molar-refractivity contribution in [3.63, 3.8) is 0 Å². The SMILES string of the molecule is Cc1ccc(-c2cc(NC(=O)C(C)C)c(=O)n(CC(=O)Nc3ccc(Br)cc3)n2)cc1. The number of hydrogen-bond donors (Lipinski definition) is 2. The van der Waals surface area contributed by atoms with Gasteiger partial charge in [0.25, 0.3) is 5.56 Å². The highest BCUT2D eigenvalue weighted by molar-refractivity contribution is 9.10. The van der Waals surface area contributed by atoms with Crippen molar-refractivity contribution in [3.05, 3.63) is 75.0 Å². The standard InChI is InChI=1S/C23H23BrN4O3/c1-14(2)22(30)26-20-12-19(16-6-4-15(3)5-7-16)27-28(23(20)31)13-21(29)25-18-10-8-17(24)9-11-18/h4-12,14H,13H2,1-3H3,(H,25,29)(H,26,30). The fourth-order valence-electron chi connectivity index (χ4n) is 2.75. The number of nitrogens with one attached hydrogen (secondary N) is 2. The average Bonchev–Trinajstić information content (AvgIpc) is 2.73. The van der Waals surface area contributed by atoms with Crippen LogP contribution in [0.3, 0.4) is 0 Å². The fourth-order valence-corrected chi connectivity index (χ4v) is 3.02. The zero-order valence-corrected chi connectivity index (χ0v) is 19.1. The molecule has 0 radical (unpaired) electrons. The van der Waals surface area contributed by atoms with E-state index in [1.165, 1.54) is 6.07 Å². The van der Waals surface area contributed by atoms with Crippen molar-refractivity contribution in [3.8, 4) is 11.3 Å². The minimum absolute atomic E-state index is 0.0840. The van der Waals surface area contributed by atoms with E-state index in [1.807, 2.05) is 31.2 Å². The molecule has 3 rings (SSSR count). The van der Waals surface area contributed by atoms with Crippen LogP contribution in [0.25, 0.3) is 11.3 Å². The van der Waals surface area contributed by atoms with E-state index < -0.39 is 11.5 Å². The molecule has 8 heteroatoms. The maximum atomic E-state index is 12.9. The monoisotopic (exact) mass is 482 g/mol. The summed E-state index contributed by atoms with van der Waals surface area (Å²) < 4.78 is 1.96. The molecule has 2 aromatic carbocycles. The summed E-state index contributed by atoms with van der Waals surface area (Å²) in [7, 11) is 0. The lowest BCUT2D eigenvalue weighted by Crippen LogP contribution is -2.33. The first-order valence-corrected chi connectivity index (χ1v) is 10.6. The summed E-state index contributed by atoms with van der Waals surface area (Å²) in [5, 5.41) is 9.76. The summed E-state index contributed by atoms with van der Waals surface area (Å²) in [6.07, 6.45) is 0. The summed E-state index contributed by atoms with van der Waals surface area (Å²) in [6.45, 7) is 5.15. The van der Waals surface area contributed by atoms with Crippen molar-refractivity contribution >= 4 is 39.1 Å². The maximum absolute atomic E-state index is 12.9. The molecular formula is C23H23BrN4O3. The first-order valence-electron chi connectivity index (χ1n) is 9.78. The largest absolute Gasteiger partial charge is 0.324 e. The second-order valence-corrected chi connectivity index (χ2v) is 8.39. The Morgan fingerprint density at radius 1 is 1.03 bits per heavy atom. The van der Waals surface area contributed by atoms with Crippen molar-refractivity contribution in [1.82, 2.24) is 9.78 Å². The minimum Gasteiger partial charge on any atom is -0.324 e. The van der Waals surface area contributed by atoms with Crippen LogP contribution in [0.1, 0.15) is 19.4 Å². The highest BCUT2D eigenvalue weighted by Crippen LogP contribution is 2.19. The minimum atomic E-state index is -0.546. The van der Waals surface area contributed by atoms with Gasteiger partial charge < -0.3 is 10.6 Å². The summed E-state index contributed by atoms with van der Waals surface area (Å²) in [5.41, 5.74) is 2.47. The Morgan fingerprint density at radius 3 is 2.29 bits per heavy atom. The zero-order chi connectivity index (χ0) is 22.5. The van der Waals surface area contributed by atoms with Crippen LogP contribution in [-0.4, -0.2) is 21.6 Å². The Labute approximate surface area is 188 Å². The van der Waals surface area contributed by atoms with Crippen molar-refractivity contribution in [2.45, 2.75) is 27.3 Å². The van der Waals surface area contributed by atoms with Crippen molar-refractivity contribution in [1.29, 1.82) is 0 Å². The third kappa shape index (κ3) is 5.88. The molecule has 0 fully saturated rings. The summed E-state index contributed by atoms with van der Waals surface area (Å²) in [5.74, 6) is -0.993. The highest BCUT2D eigenvalue weighted by Gasteiger charge is 2.16. The Balaban J connectivity index is 1.94. The van der Waals surface area contributed by atoms with E-state index in [0.717, 1.165) is 20.3 Å². The Hall–Kier alpha value is -3.26. The molecule has 7 nitrogen and oxygen atoms in total. The van der Waals surface area contributed by atoms with Crippen molar-refractivity contribution in [2.75, 3.05) is 10.6 Å². The molecule has 0 saturated carbocycles. The third-order valence-corrected chi connectivity index (χ3v) is 5.05. The molecule has 0 saturated heterocycles. The molecule has 0 unspecified atom stereocenters. The van der Waals surface area contributed by atoms with Gasteiger partial charge >= 0.3 is 0 Å². The van der Waals surface area contributed by atoms with Gasteiger partial charge in [-0.15, -0.1) is 0 Å². The topological polar surface area (TPSA) is 93.1 Å². The molecule has 2 amide bonds. The second kappa shape index (κ2) is 9.70. The van der Waals surface area contributed by atoms with Crippen molar-refractivity contribution < 1.29 is 9.59 Å². The van der Waals surface area contributed by atoms with E-state index in [1.54, 1.807) is 38.1 Å². The van der Waals surface area contributed by atoms with Crippen LogP contribution >= 0.6 is 15.9 Å². The van der Waals surface area contributed by atoms with Gasteiger partial charge in [0.2, 0.25) is 11.8 Å². The average molecular weight is 483 g/mol. The lowest BCUT2D eigenvalue weighted by Gasteiger charge is -2.13. The predicted octanol–water partition coefficient (Wildman–Crippen LogP) is 4.21. The number of nitrogens with zero attached hydrogens (tertiary/aromatic N) is 2. The number of amides is 2. The zero-order valence-electron chi connectivity index (χ0n) is 17.5. The molecule has 1 heterocycles. The normalized spacial score (nSPS) is 10.7. The van der Waals surface area contributed by atoms with E-state index >= 15 is 0 Å². The first-order chi connectivity index (χ1) is 14.7. The van der Waals surface area contributed by atoms with Crippen LogP contribution in [0, 0.1) is 12.8 Å². The molecule has 0 aliphatic carbocycles. The second-order valence-electron chi connectivity index (χ2n) is 7.47. The number of rotatable bonds is 6. The molecule has 1 aromatic heterocycles. The van der Waals surface area contributed by atoms with Gasteiger partial charge in [0.1, 0.15) is 12.2 Å². The lowest BCUT2D eigenvalue weighted by atomic mass is 10.1. The van der Waals surface area contributed by atoms with Crippen LogP contribution in [0.4, 0.5) is 11.4 Å². The molecule has 0 aliphatic heterocycles. The van der Waals surface area contributed by atoms with Gasteiger partial charge in [0.05, 0.1) is 5.69 Å². The van der Waals surface area contributed by atoms with Crippen LogP contribution in [0.15, 0.2) is 63.9 Å². The van der Waals surface area contributed by atoms with Gasteiger partial charge in [-0.1, -0.05) is 59.6 Å². The van der Waals surface area contributed by atoms with Gasteiger partial charge in [-0.3, -0.25) is 14.4 Å². The lowest BCUT2D eigenvalue weighted by molar-refractivity contribution is -0.119. The molecule has 0 bridgehead atoms. The van der Waals surface area contributed by atoms with Crippen LogP contribution in [0.5, 0.6) is 0 Å². The summed E-state index contributed by atoms with van der Waals surface area (Å²) in [6, 6.07) is 16.2. The molecule has 0 atom stereocenters. The molecule has 31 heavy (non-hydrogen) atoms. The smallest absolute Gasteiger partial charge is 0.291 e. The highest BCUT2D eigenvalue weighted by atomic mass is 79.9. The van der Waals surface area contributed by atoms with E-state index in [9.17, 15) is 14.4 Å². The quantitative estimate of drug-likeness (QED) is 0.549. The Kier molecular flexibility index (Phi) is 7.02. The van der Waals surface area contributed by atoms with Gasteiger partial charge in [-0.2, -0.15) is 5.10 Å². The number of aromatic nitrogens is 2. The molecule has 2 N–H and O–H groups in total. The molecule has 0 aliphatic rings. The van der Waals surface area contributed by atoms with Gasteiger partial charge in [-0.05, 0) is 37.3 Å². The van der Waals surface area contributed by atoms with E-state index in [2.05, 4.69) is 31.7 Å². The van der Waals surface area contributed by atoms with Crippen LogP contribution in [-0.2, 0) is 16.1 Å². The van der Waals surface area contributed by atoms with Crippen LogP contribution < -0.4 is 16.2 Å². The first kappa shape index (κ1) is 22.4. The number of hydrogen-bond acceptors (Lipinski definition) is 4. The number of aryl methyl sites for hydroxylation is 1. The van der Waals surface area contributed by atoms with E-state index in [0.29, 0.717) is 11.4 Å². The number of halogens is 1. The number of anilines is 2. The molecular weight excluding hydrogens is 460 g/mol. The molecule has 0 spiro atoms. The van der Waals surface area contributed by atoms with Gasteiger partial charge in [0, 0.05) is 21.6 Å². The maximum Gasteiger partial charge on any atom is 0.291 e. The Morgan fingerprint density at radius 2 is 1.68 bits per heavy atom. The number of carbonyl (C=O) groups is 2. The van der Waals surface area contributed by atoms with E-state index in [4.69, 9.17) is 0 Å². The number of benzene rings is 2. The molecule has 3 aromatic rings. The fraction of sp³-hybridized carbons (Fsp3) is 0.217. The van der Waals surface area contributed by atoms with Gasteiger partial charge in [0.15, 0.2) is 0 Å². The Bertz CT molecular complexity index is 1150. The van der Waals surface area contributed by atoms with Gasteiger partial charge in [-0.25, -0.2) is 4.68 Å². The summed E-state index contributed by atoms with van der Waals surface area (Å²) in [4.78, 5) is 37.6. The van der Waals surface area contributed by atoms with Crippen LogP contribution in [0.2, 0.25) is 0 Å². The summed E-state index contributed by atoms with van der Waals surface area (Å²) >= 11 is 3.34. The predicted molar refractivity (Wildman–Crippen MR) is 125 cm³/mol. The third-order valence-electron chi connectivity index (χ3n) is 4.53. The van der Waals surface area contributed by atoms with E-state index in [-0.39, 0.29) is 24.1 Å².